The standard InChI is InChI=1S/C10H14FN3/c1-2-14(8-3-4-8)10-9(12)5-7(11)6-13-10/h5-6,8H,2-4,12H2,1H3. The Hall–Kier alpha value is -1.32. The molecule has 0 amide bonds. The van der Waals surface area contributed by atoms with Crippen LogP contribution in [-0.4, -0.2) is 17.6 Å². The number of nitrogen functional groups attached to an aromatic ring is 1. The Labute approximate surface area is 82.7 Å². The quantitative estimate of drug-likeness (QED) is 0.799. The summed E-state index contributed by atoms with van der Waals surface area (Å²) in [7, 11) is 0. The number of hydrogen-bond acceptors (Lipinski definition) is 3. The van der Waals surface area contributed by atoms with Crippen molar-refractivity contribution in [2.75, 3.05) is 17.2 Å². The summed E-state index contributed by atoms with van der Waals surface area (Å²) in [5, 5.41) is 0. The number of nitrogens with two attached hydrogens (primary N) is 1. The van der Waals surface area contributed by atoms with Crippen LogP contribution in [0.2, 0.25) is 0 Å². The lowest BCUT2D eigenvalue weighted by Crippen LogP contribution is -2.27. The summed E-state index contributed by atoms with van der Waals surface area (Å²) in [5.41, 5.74) is 6.15. The zero-order chi connectivity index (χ0) is 10.1. The molecule has 1 aromatic heterocycles. The highest BCUT2D eigenvalue weighted by Crippen LogP contribution is 2.32. The molecular formula is C10H14FN3. The smallest absolute Gasteiger partial charge is 0.152 e. The van der Waals surface area contributed by atoms with Crippen LogP contribution in [0.5, 0.6) is 0 Å². The topological polar surface area (TPSA) is 42.2 Å². The highest BCUT2D eigenvalue weighted by Gasteiger charge is 2.29. The van der Waals surface area contributed by atoms with Gasteiger partial charge in [0.1, 0.15) is 5.82 Å². The molecular weight excluding hydrogens is 181 g/mol. The maximum absolute atomic E-state index is 12.8. The molecule has 1 aliphatic carbocycles. The van der Waals surface area contributed by atoms with E-state index in [0.717, 1.165) is 12.4 Å². The Bertz CT molecular complexity index is 336. The molecule has 2 rings (SSSR count). The zero-order valence-electron chi connectivity index (χ0n) is 8.20. The van der Waals surface area contributed by atoms with Crippen molar-refractivity contribution in [3.63, 3.8) is 0 Å². The van der Waals surface area contributed by atoms with E-state index >= 15 is 0 Å². The van der Waals surface area contributed by atoms with E-state index in [0.29, 0.717) is 11.7 Å². The van der Waals surface area contributed by atoms with Gasteiger partial charge in [-0.2, -0.15) is 0 Å². The minimum absolute atomic E-state index is 0.377. The first kappa shape index (κ1) is 9.24. The first-order chi connectivity index (χ1) is 6.72. The van der Waals surface area contributed by atoms with E-state index < -0.39 is 0 Å². The van der Waals surface area contributed by atoms with Crippen molar-refractivity contribution in [1.29, 1.82) is 0 Å². The molecule has 1 heterocycles. The monoisotopic (exact) mass is 195 g/mol. The van der Waals surface area contributed by atoms with Gasteiger partial charge in [0.25, 0.3) is 0 Å². The van der Waals surface area contributed by atoms with E-state index in [4.69, 9.17) is 5.73 Å². The Kier molecular flexibility index (Phi) is 2.27. The van der Waals surface area contributed by atoms with Gasteiger partial charge < -0.3 is 10.6 Å². The molecule has 0 aliphatic heterocycles. The molecule has 4 heteroatoms. The minimum Gasteiger partial charge on any atom is -0.396 e. The number of pyridine rings is 1. The fraction of sp³-hybridized carbons (Fsp3) is 0.500. The average molecular weight is 195 g/mol. The van der Waals surface area contributed by atoms with Gasteiger partial charge in [0.2, 0.25) is 0 Å². The highest BCUT2D eigenvalue weighted by atomic mass is 19.1. The molecule has 0 saturated heterocycles. The number of halogens is 1. The van der Waals surface area contributed by atoms with Gasteiger partial charge in [0.15, 0.2) is 5.82 Å². The van der Waals surface area contributed by atoms with E-state index in [1.807, 2.05) is 0 Å². The summed E-state index contributed by atoms with van der Waals surface area (Å²) < 4.78 is 12.8. The first-order valence-electron chi connectivity index (χ1n) is 4.90. The highest BCUT2D eigenvalue weighted by molar-refractivity contribution is 5.63. The third-order valence-corrected chi connectivity index (χ3v) is 2.46. The number of nitrogens with zero attached hydrogens (tertiary/aromatic N) is 2. The van der Waals surface area contributed by atoms with Crippen molar-refractivity contribution in [2.45, 2.75) is 25.8 Å². The lowest BCUT2D eigenvalue weighted by atomic mass is 10.3. The molecule has 2 N–H and O–H groups in total. The molecule has 3 nitrogen and oxygen atoms in total. The van der Waals surface area contributed by atoms with Gasteiger partial charge in [-0.25, -0.2) is 9.37 Å². The molecule has 0 bridgehead atoms. The average Bonchev–Trinajstić information content (AvgIpc) is 2.93. The Morgan fingerprint density at radius 1 is 1.64 bits per heavy atom. The minimum atomic E-state index is -0.377. The molecule has 1 aliphatic rings. The SMILES string of the molecule is CCN(c1ncc(F)cc1N)C1CC1. The van der Waals surface area contributed by atoms with Gasteiger partial charge in [-0.15, -0.1) is 0 Å². The number of anilines is 2. The largest absolute Gasteiger partial charge is 0.396 e. The summed E-state index contributed by atoms with van der Waals surface area (Å²) in [6, 6.07) is 1.88. The van der Waals surface area contributed by atoms with Crippen molar-refractivity contribution in [2.24, 2.45) is 0 Å². The lowest BCUT2D eigenvalue weighted by Gasteiger charge is -2.22. The van der Waals surface area contributed by atoms with Crippen molar-refractivity contribution in [1.82, 2.24) is 4.98 Å². The molecule has 0 radical (unpaired) electrons. The van der Waals surface area contributed by atoms with Crippen LogP contribution in [0, 0.1) is 5.82 Å². The molecule has 0 atom stereocenters. The summed E-state index contributed by atoms with van der Waals surface area (Å²) >= 11 is 0. The third kappa shape index (κ3) is 1.64. The second-order valence-corrected chi connectivity index (χ2v) is 3.58. The van der Waals surface area contributed by atoms with E-state index in [-0.39, 0.29) is 5.82 Å². The molecule has 1 aromatic rings. The van der Waals surface area contributed by atoms with Crippen LogP contribution in [0.15, 0.2) is 12.3 Å². The Morgan fingerprint density at radius 2 is 2.36 bits per heavy atom. The molecule has 0 spiro atoms. The van der Waals surface area contributed by atoms with Crippen molar-refractivity contribution in [3.8, 4) is 0 Å². The normalized spacial score (nSPS) is 15.6. The van der Waals surface area contributed by atoms with Gasteiger partial charge >= 0.3 is 0 Å². The summed E-state index contributed by atoms with van der Waals surface area (Å²) in [6.45, 7) is 2.93. The van der Waals surface area contributed by atoms with Gasteiger partial charge in [-0.1, -0.05) is 0 Å². The predicted molar refractivity (Wildman–Crippen MR) is 54.6 cm³/mol. The van der Waals surface area contributed by atoms with Crippen molar-refractivity contribution < 1.29 is 4.39 Å². The second kappa shape index (κ2) is 3.44. The summed E-state index contributed by atoms with van der Waals surface area (Å²) in [4.78, 5) is 6.17. The maximum Gasteiger partial charge on any atom is 0.152 e. The van der Waals surface area contributed by atoms with E-state index in [2.05, 4.69) is 16.8 Å². The van der Waals surface area contributed by atoms with Crippen LogP contribution in [0.3, 0.4) is 0 Å². The number of aromatic nitrogens is 1. The Balaban J connectivity index is 2.29. The van der Waals surface area contributed by atoms with Crippen molar-refractivity contribution >= 4 is 11.5 Å². The zero-order valence-corrected chi connectivity index (χ0v) is 8.20. The maximum atomic E-state index is 12.8. The van der Waals surface area contributed by atoms with Crippen LogP contribution >= 0.6 is 0 Å². The molecule has 14 heavy (non-hydrogen) atoms. The van der Waals surface area contributed by atoms with Crippen LogP contribution in [0.25, 0.3) is 0 Å². The van der Waals surface area contributed by atoms with Crippen LogP contribution in [0.1, 0.15) is 19.8 Å². The van der Waals surface area contributed by atoms with Crippen LogP contribution in [0.4, 0.5) is 15.9 Å². The number of rotatable bonds is 3. The fourth-order valence-corrected chi connectivity index (χ4v) is 1.65. The second-order valence-electron chi connectivity index (χ2n) is 3.58. The van der Waals surface area contributed by atoms with Crippen LogP contribution in [-0.2, 0) is 0 Å². The molecule has 1 fully saturated rings. The van der Waals surface area contributed by atoms with E-state index in [1.54, 1.807) is 0 Å². The first-order valence-corrected chi connectivity index (χ1v) is 4.90. The molecule has 1 saturated carbocycles. The van der Waals surface area contributed by atoms with Crippen molar-refractivity contribution in [3.05, 3.63) is 18.1 Å². The third-order valence-electron chi connectivity index (χ3n) is 2.46. The molecule has 0 unspecified atom stereocenters. The lowest BCUT2D eigenvalue weighted by molar-refractivity contribution is 0.621. The van der Waals surface area contributed by atoms with E-state index in [9.17, 15) is 4.39 Å². The number of hydrogen-bond donors (Lipinski definition) is 1. The van der Waals surface area contributed by atoms with E-state index in [1.165, 1.54) is 25.1 Å². The summed E-state index contributed by atoms with van der Waals surface area (Å²) in [5.74, 6) is 0.342. The molecule has 0 aromatic carbocycles. The van der Waals surface area contributed by atoms with Gasteiger partial charge in [-0.05, 0) is 19.8 Å². The summed E-state index contributed by atoms with van der Waals surface area (Å²) in [6.07, 6.45) is 3.59. The van der Waals surface area contributed by atoms with Crippen LogP contribution < -0.4 is 10.6 Å². The Morgan fingerprint density at radius 3 is 2.86 bits per heavy atom. The molecule has 76 valence electrons. The van der Waals surface area contributed by atoms with Gasteiger partial charge in [0, 0.05) is 18.7 Å². The van der Waals surface area contributed by atoms with Gasteiger partial charge in [-0.3, -0.25) is 0 Å². The van der Waals surface area contributed by atoms with Gasteiger partial charge in [0.05, 0.1) is 11.9 Å². The fourth-order valence-electron chi connectivity index (χ4n) is 1.65. The predicted octanol–water partition coefficient (Wildman–Crippen LogP) is 1.79.